The molecule has 1 amide bonds. The topological polar surface area (TPSA) is 58.6 Å². The predicted molar refractivity (Wildman–Crippen MR) is 99.8 cm³/mol. The van der Waals surface area contributed by atoms with Crippen LogP contribution >= 0.6 is 0 Å². The summed E-state index contributed by atoms with van der Waals surface area (Å²) in [5.41, 5.74) is 2.85. The molecule has 0 bridgehead atoms. The lowest BCUT2D eigenvalue weighted by Gasteiger charge is -2.17. The Balaban J connectivity index is 1.90. The van der Waals surface area contributed by atoms with Crippen molar-refractivity contribution in [3.05, 3.63) is 65.2 Å². The van der Waals surface area contributed by atoms with E-state index in [-0.39, 0.29) is 24.5 Å². The van der Waals surface area contributed by atoms with E-state index in [2.05, 4.69) is 5.32 Å². The highest BCUT2D eigenvalue weighted by Gasteiger charge is 2.17. The van der Waals surface area contributed by atoms with Gasteiger partial charge in [0.15, 0.2) is 0 Å². The molecule has 0 spiro atoms. The molecule has 134 valence electrons. The van der Waals surface area contributed by atoms with Crippen LogP contribution in [0.25, 0.3) is 0 Å². The first-order chi connectivity index (χ1) is 11.9. The first-order valence-electron chi connectivity index (χ1n) is 8.65. The maximum absolute atomic E-state index is 12.3. The van der Waals surface area contributed by atoms with Gasteiger partial charge >= 0.3 is 0 Å². The highest BCUT2D eigenvalue weighted by molar-refractivity contribution is 5.83. The molecule has 2 rings (SSSR count). The molecule has 2 aromatic carbocycles. The third kappa shape index (κ3) is 5.61. The van der Waals surface area contributed by atoms with Gasteiger partial charge in [0.2, 0.25) is 5.91 Å². The third-order valence-electron chi connectivity index (χ3n) is 4.04. The fourth-order valence-electron chi connectivity index (χ4n) is 2.60. The Morgan fingerprint density at radius 3 is 2.36 bits per heavy atom. The molecule has 25 heavy (non-hydrogen) atoms. The lowest BCUT2D eigenvalue weighted by Crippen LogP contribution is -2.31. The van der Waals surface area contributed by atoms with E-state index in [1.165, 1.54) is 0 Å². The number of amides is 1. The summed E-state index contributed by atoms with van der Waals surface area (Å²) in [6.45, 7) is 7.99. The number of hydrogen-bond acceptors (Lipinski definition) is 3. The average Bonchev–Trinajstić information content (AvgIpc) is 2.58. The van der Waals surface area contributed by atoms with Crippen molar-refractivity contribution in [2.45, 2.75) is 45.8 Å². The van der Waals surface area contributed by atoms with Gasteiger partial charge in [-0.15, -0.1) is 0 Å². The van der Waals surface area contributed by atoms with Gasteiger partial charge in [0, 0.05) is 6.54 Å². The molecule has 0 aliphatic carbocycles. The van der Waals surface area contributed by atoms with Crippen molar-refractivity contribution in [1.29, 1.82) is 0 Å². The quantitative estimate of drug-likeness (QED) is 0.807. The summed E-state index contributed by atoms with van der Waals surface area (Å²) in [5, 5.41) is 13.1. The number of hydrogen-bond donors (Lipinski definition) is 2. The lowest BCUT2D eigenvalue weighted by molar-refractivity contribution is -0.122. The Labute approximate surface area is 149 Å². The number of benzene rings is 2. The average molecular weight is 341 g/mol. The molecule has 2 atom stereocenters. The second-order valence-corrected chi connectivity index (χ2v) is 6.63. The SMILES string of the molecule is Cc1cccc(C(C)C(=O)NCC(O)c2ccc(OC(C)C)cc2)c1. The van der Waals surface area contributed by atoms with Crippen LogP contribution in [0.3, 0.4) is 0 Å². The van der Waals surface area contributed by atoms with Crippen molar-refractivity contribution < 1.29 is 14.6 Å². The second-order valence-electron chi connectivity index (χ2n) is 6.63. The molecular weight excluding hydrogens is 314 g/mol. The predicted octanol–water partition coefficient (Wildman–Crippen LogP) is 3.74. The van der Waals surface area contributed by atoms with Crippen LogP contribution in [0.4, 0.5) is 0 Å². The zero-order chi connectivity index (χ0) is 18.4. The van der Waals surface area contributed by atoms with E-state index in [1.807, 2.05) is 76.2 Å². The maximum Gasteiger partial charge on any atom is 0.227 e. The van der Waals surface area contributed by atoms with Crippen LogP contribution in [0, 0.1) is 6.92 Å². The summed E-state index contributed by atoms with van der Waals surface area (Å²) in [7, 11) is 0. The van der Waals surface area contributed by atoms with Gasteiger partial charge < -0.3 is 15.2 Å². The molecular formula is C21H27NO3. The van der Waals surface area contributed by atoms with Crippen molar-refractivity contribution in [2.24, 2.45) is 0 Å². The van der Waals surface area contributed by atoms with Gasteiger partial charge in [-0.3, -0.25) is 4.79 Å². The minimum atomic E-state index is -0.748. The molecule has 2 aromatic rings. The Bertz CT molecular complexity index is 695. The number of rotatable bonds is 7. The summed E-state index contributed by atoms with van der Waals surface area (Å²) >= 11 is 0. The van der Waals surface area contributed by atoms with Gasteiger partial charge in [-0.2, -0.15) is 0 Å². The first kappa shape index (κ1) is 19.0. The maximum atomic E-state index is 12.3. The summed E-state index contributed by atoms with van der Waals surface area (Å²) in [5.74, 6) is 0.418. The minimum Gasteiger partial charge on any atom is -0.491 e. The largest absolute Gasteiger partial charge is 0.491 e. The van der Waals surface area contributed by atoms with Crippen molar-refractivity contribution in [3.8, 4) is 5.75 Å². The number of nitrogens with one attached hydrogen (secondary N) is 1. The van der Waals surface area contributed by atoms with Crippen molar-refractivity contribution in [1.82, 2.24) is 5.32 Å². The van der Waals surface area contributed by atoms with Gasteiger partial charge in [0.25, 0.3) is 0 Å². The Morgan fingerprint density at radius 1 is 1.08 bits per heavy atom. The normalized spacial score (nSPS) is 13.4. The highest BCUT2D eigenvalue weighted by Crippen LogP contribution is 2.20. The minimum absolute atomic E-state index is 0.0931. The van der Waals surface area contributed by atoms with Gasteiger partial charge in [-0.1, -0.05) is 42.0 Å². The molecule has 2 N–H and O–H groups in total. The van der Waals surface area contributed by atoms with Crippen LogP contribution in [-0.4, -0.2) is 23.7 Å². The monoisotopic (exact) mass is 341 g/mol. The van der Waals surface area contributed by atoms with Crippen molar-refractivity contribution in [3.63, 3.8) is 0 Å². The van der Waals surface area contributed by atoms with E-state index in [9.17, 15) is 9.90 Å². The fraction of sp³-hybridized carbons (Fsp3) is 0.381. The Kier molecular flexibility index (Phi) is 6.59. The van der Waals surface area contributed by atoms with Crippen LogP contribution in [-0.2, 0) is 4.79 Å². The molecule has 0 fully saturated rings. The summed E-state index contributed by atoms with van der Waals surface area (Å²) in [6, 6.07) is 15.2. The van der Waals surface area contributed by atoms with Crippen LogP contribution in [0.15, 0.2) is 48.5 Å². The number of carbonyl (C=O) groups excluding carboxylic acids is 1. The van der Waals surface area contributed by atoms with E-state index in [0.29, 0.717) is 0 Å². The molecule has 2 unspecified atom stereocenters. The van der Waals surface area contributed by atoms with Crippen molar-refractivity contribution in [2.75, 3.05) is 6.54 Å². The molecule has 0 aliphatic rings. The first-order valence-corrected chi connectivity index (χ1v) is 8.65. The molecule has 0 heterocycles. The van der Waals surface area contributed by atoms with Gasteiger partial charge in [-0.25, -0.2) is 0 Å². The van der Waals surface area contributed by atoms with Crippen LogP contribution in [0.5, 0.6) is 5.75 Å². The Morgan fingerprint density at radius 2 is 1.76 bits per heavy atom. The van der Waals surface area contributed by atoms with Crippen LogP contribution in [0.1, 0.15) is 49.5 Å². The fourth-order valence-corrected chi connectivity index (χ4v) is 2.60. The van der Waals surface area contributed by atoms with E-state index < -0.39 is 6.10 Å². The molecule has 0 aliphatic heterocycles. The summed E-state index contributed by atoms with van der Waals surface area (Å²) in [4.78, 5) is 12.3. The standard InChI is InChI=1S/C21H27NO3/c1-14(2)25-19-10-8-17(9-11-19)20(23)13-22-21(24)16(4)18-7-5-6-15(3)12-18/h5-12,14,16,20,23H,13H2,1-4H3,(H,22,24). The molecule has 0 saturated carbocycles. The summed E-state index contributed by atoms with van der Waals surface area (Å²) in [6.07, 6.45) is -0.639. The number of ether oxygens (including phenoxy) is 1. The Hall–Kier alpha value is -2.33. The molecule has 0 radical (unpaired) electrons. The third-order valence-corrected chi connectivity index (χ3v) is 4.04. The van der Waals surface area contributed by atoms with Crippen LogP contribution < -0.4 is 10.1 Å². The molecule has 0 saturated heterocycles. The summed E-state index contributed by atoms with van der Waals surface area (Å²) < 4.78 is 5.59. The van der Waals surface area contributed by atoms with E-state index in [1.54, 1.807) is 0 Å². The highest BCUT2D eigenvalue weighted by atomic mass is 16.5. The van der Waals surface area contributed by atoms with Crippen molar-refractivity contribution >= 4 is 5.91 Å². The van der Waals surface area contributed by atoms with E-state index >= 15 is 0 Å². The van der Waals surface area contributed by atoms with E-state index in [0.717, 1.165) is 22.4 Å². The number of carbonyl (C=O) groups is 1. The van der Waals surface area contributed by atoms with E-state index in [4.69, 9.17) is 4.74 Å². The molecule has 0 aromatic heterocycles. The van der Waals surface area contributed by atoms with Crippen LogP contribution in [0.2, 0.25) is 0 Å². The lowest BCUT2D eigenvalue weighted by atomic mass is 9.98. The molecule has 4 nitrogen and oxygen atoms in total. The molecule has 4 heteroatoms. The second kappa shape index (κ2) is 8.67. The van der Waals surface area contributed by atoms with Gasteiger partial charge in [-0.05, 0) is 51.0 Å². The zero-order valence-electron chi connectivity index (χ0n) is 15.3. The number of aryl methyl sites for hydroxylation is 1. The van der Waals surface area contributed by atoms with Gasteiger partial charge in [0.05, 0.1) is 18.1 Å². The number of aliphatic hydroxyl groups excluding tert-OH is 1. The zero-order valence-corrected chi connectivity index (χ0v) is 15.3. The smallest absolute Gasteiger partial charge is 0.227 e. The number of aliphatic hydroxyl groups is 1. The van der Waals surface area contributed by atoms with Gasteiger partial charge in [0.1, 0.15) is 5.75 Å².